The van der Waals surface area contributed by atoms with Crippen molar-refractivity contribution in [3.8, 4) is 0 Å². The summed E-state index contributed by atoms with van der Waals surface area (Å²) in [5.74, 6) is -6.65. The fraction of sp³-hybridized carbons (Fsp3) is 0.414. The van der Waals surface area contributed by atoms with Crippen molar-refractivity contribution in [2.45, 2.75) is 140 Å². The number of hydrogen-bond donors (Lipinski definition) is 11. The number of aliphatic imine (C=N–C) groups is 1. The van der Waals surface area contributed by atoms with Gasteiger partial charge in [-0.2, -0.15) is 0 Å². The minimum absolute atomic E-state index is 0.0159. The van der Waals surface area contributed by atoms with E-state index >= 15 is 14.4 Å². The number of fused-ring (bicyclic) bond motifs is 4. The second-order valence-electron chi connectivity index (χ2n) is 20.5. The van der Waals surface area contributed by atoms with Gasteiger partial charge in [0.2, 0.25) is 53.2 Å². The predicted molar refractivity (Wildman–Crippen MR) is 302 cm³/mol. The highest BCUT2D eigenvalue weighted by atomic mass is 16.2. The Hall–Kier alpha value is -8.82. The van der Waals surface area contributed by atoms with Crippen LogP contribution in [0.15, 0.2) is 102 Å². The molecule has 1 fully saturated rings. The number of nitrogens with zero attached hydrogens (tertiary/aromatic N) is 2. The lowest BCUT2D eigenvalue weighted by Gasteiger charge is -2.38. The molecular formula is C58H73N13O9. The maximum absolute atomic E-state index is 15.2. The van der Waals surface area contributed by atoms with Crippen LogP contribution < -0.4 is 54.4 Å². The third-order valence-electron chi connectivity index (χ3n) is 14.5. The standard InChI is InChI=1S/C58H73N13O9/c1-3-4-19-44(65-34(2)72)52(75)70-48-31-50(73)62-25-12-11-21-43(51(59)74)66-55(78)47(29-40-32-64-42-20-10-9-18-41(40)42)68-53(76)45(22-13-26-63-58(60)61)67-54(77)46(28-35-23-24-36-14-5-6-15-37(36)27-35)69-56(79)49-30-38-16-7-8-17-39(38)33-71(49)57(48)80/h5-10,14-18,20,23-24,27,32,43-49,64H,3-4,11-13,19,21-22,25-26,28-31,33H2,1-2H3,(H2,59,74)(H,62,73)(H,65,72)(H,66,78)(H,67,77)(H,68,76)(H,69,79)(H,70,75)(H4,60,61,63)/t43-,44-,45-,46+,47-,48-,49+/m0/s1. The molecule has 22 heteroatoms. The zero-order chi connectivity index (χ0) is 57.3. The molecule has 424 valence electrons. The normalized spacial score (nSPS) is 21.3. The zero-order valence-corrected chi connectivity index (χ0v) is 45.2. The largest absolute Gasteiger partial charge is 0.370 e. The molecular weight excluding hydrogens is 1020 g/mol. The summed E-state index contributed by atoms with van der Waals surface area (Å²) >= 11 is 0. The van der Waals surface area contributed by atoms with Crippen LogP contribution in [-0.2, 0) is 69.0 Å². The molecule has 9 amide bonds. The maximum atomic E-state index is 15.2. The molecule has 2 aliphatic heterocycles. The van der Waals surface area contributed by atoms with Gasteiger partial charge in [-0.25, -0.2) is 0 Å². The number of H-pyrrole nitrogens is 1. The molecule has 0 aliphatic carbocycles. The van der Waals surface area contributed by atoms with Crippen LogP contribution in [-0.4, -0.2) is 124 Å². The van der Waals surface area contributed by atoms with Crippen LogP contribution in [0.4, 0.5) is 0 Å². The predicted octanol–water partition coefficient (Wildman–Crippen LogP) is 1.41. The number of primary amides is 1. The smallest absolute Gasteiger partial charge is 0.246 e. The molecule has 1 aromatic heterocycles. The molecule has 0 spiro atoms. The van der Waals surface area contributed by atoms with Gasteiger partial charge in [-0.3, -0.25) is 48.1 Å². The molecule has 2 aliphatic rings. The van der Waals surface area contributed by atoms with Gasteiger partial charge < -0.3 is 64.3 Å². The van der Waals surface area contributed by atoms with Crippen molar-refractivity contribution in [1.82, 2.24) is 47.1 Å². The molecule has 7 atom stereocenters. The summed E-state index contributed by atoms with van der Waals surface area (Å²) in [4.78, 5) is 137. The van der Waals surface area contributed by atoms with E-state index in [-0.39, 0.29) is 77.0 Å². The number of aromatic amines is 1. The van der Waals surface area contributed by atoms with Crippen LogP contribution in [0.1, 0.15) is 93.9 Å². The van der Waals surface area contributed by atoms with Crippen LogP contribution >= 0.6 is 0 Å². The minimum atomic E-state index is -1.54. The van der Waals surface area contributed by atoms with Gasteiger partial charge in [-0.15, -0.1) is 0 Å². The number of aromatic nitrogens is 1. The number of carbonyl (C=O) groups is 9. The monoisotopic (exact) mass is 1100 g/mol. The Kier molecular flexibility index (Phi) is 20.7. The number of nitrogens with one attached hydrogen (secondary N) is 8. The number of carbonyl (C=O) groups excluding carboxylic acids is 9. The van der Waals surface area contributed by atoms with E-state index in [4.69, 9.17) is 17.2 Å². The number of rotatable bonds is 15. The SMILES string of the molecule is CCCC[C@H](NC(C)=O)C(=O)N[C@H]1CC(=O)NCCCC[C@@H](C(N)=O)NC(=O)[C@H](Cc2c[nH]c3ccccc23)NC(=O)[C@H](CCCN=C(N)N)NC(=O)[C@@H](Cc2ccc3ccccc3c2)NC(=O)[C@H]2Cc3ccccc3CN2C1=O. The number of unbranched alkanes of at least 4 members (excludes halogenated alkanes) is 1. The van der Waals surface area contributed by atoms with Crippen LogP contribution in [0, 0.1) is 0 Å². The lowest BCUT2D eigenvalue weighted by molar-refractivity contribution is -0.146. The number of benzene rings is 4. The second-order valence-corrected chi connectivity index (χ2v) is 20.5. The van der Waals surface area contributed by atoms with Gasteiger partial charge in [0.1, 0.15) is 42.3 Å². The summed E-state index contributed by atoms with van der Waals surface area (Å²) in [7, 11) is 0. The van der Waals surface area contributed by atoms with E-state index in [1.165, 1.54) is 11.8 Å². The molecule has 3 heterocycles. The van der Waals surface area contributed by atoms with Crippen molar-refractivity contribution < 1.29 is 43.2 Å². The maximum Gasteiger partial charge on any atom is 0.246 e. The van der Waals surface area contributed by atoms with Gasteiger partial charge in [0.25, 0.3) is 0 Å². The second kappa shape index (κ2) is 28.2. The van der Waals surface area contributed by atoms with Crippen molar-refractivity contribution in [2.75, 3.05) is 13.1 Å². The van der Waals surface area contributed by atoms with E-state index < -0.39 is 102 Å². The average Bonchev–Trinajstić information content (AvgIpc) is 3.86. The van der Waals surface area contributed by atoms with E-state index in [2.05, 4.69) is 47.2 Å². The first kappa shape index (κ1) is 58.9. The summed E-state index contributed by atoms with van der Waals surface area (Å²) in [5, 5.41) is 22.1. The molecule has 80 heavy (non-hydrogen) atoms. The molecule has 22 nitrogen and oxygen atoms in total. The van der Waals surface area contributed by atoms with E-state index in [1.54, 1.807) is 18.3 Å². The van der Waals surface area contributed by atoms with Crippen LogP contribution in [0.2, 0.25) is 0 Å². The summed E-state index contributed by atoms with van der Waals surface area (Å²) in [5.41, 5.74) is 20.7. The Morgan fingerprint density at radius 1 is 0.738 bits per heavy atom. The molecule has 5 aromatic rings. The number of guanidine groups is 1. The Bertz CT molecular complexity index is 3100. The van der Waals surface area contributed by atoms with Crippen molar-refractivity contribution >= 4 is 80.8 Å². The van der Waals surface area contributed by atoms with Crippen molar-refractivity contribution in [3.05, 3.63) is 119 Å². The quantitative estimate of drug-likeness (QED) is 0.0405. The van der Waals surface area contributed by atoms with Crippen molar-refractivity contribution in [1.29, 1.82) is 0 Å². The van der Waals surface area contributed by atoms with Gasteiger partial charge in [0, 0.05) is 62.9 Å². The van der Waals surface area contributed by atoms with Gasteiger partial charge in [0.05, 0.1) is 6.42 Å². The summed E-state index contributed by atoms with van der Waals surface area (Å²) in [6.07, 6.45) is 3.25. The Labute approximate surface area is 463 Å². The van der Waals surface area contributed by atoms with E-state index in [0.29, 0.717) is 36.0 Å². The van der Waals surface area contributed by atoms with Gasteiger partial charge >= 0.3 is 0 Å². The number of hydrogen-bond acceptors (Lipinski definition) is 10. The van der Waals surface area contributed by atoms with Crippen molar-refractivity contribution in [2.24, 2.45) is 22.2 Å². The molecule has 0 radical (unpaired) electrons. The molecule has 0 bridgehead atoms. The fourth-order valence-corrected chi connectivity index (χ4v) is 10.2. The fourth-order valence-electron chi connectivity index (χ4n) is 10.2. The summed E-state index contributed by atoms with van der Waals surface area (Å²) < 4.78 is 0. The Morgan fingerprint density at radius 3 is 2.16 bits per heavy atom. The first-order valence-electron chi connectivity index (χ1n) is 27.3. The van der Waals surface area contributed by atoms with Gasteiger partial charge in [-0.05, 0) is 77.6 Å². The number of amides is 9. The molecule has 1 saturated heterocycles. The summed E-state index contributed by atoms with van der Waals surface area (Å²) in [6, 6.07) is 18.6. The summed E-state index contributed by atoms with van der Waals surface area (Å²) in [6.45, 7) is 3.21. The zero-order valence-electron chi connectivity index (χ0n) is 45.2. The molecule has 7 rings (SSSR count). The topological polar surface area (TPSA) is 347 Å². The number of para-hydroxylation sites is 1. The first-order chi connectivity index (χ1) is 38.5. The van der Waals surface area contributed by atoms with Crippen molar-refractivity contribution in [3.63, 3.8) is 0 Å². The van der Waals surface area contributed by atoms with Gasteiger partial charge in [0.15, 0.2) is 5.96 Å². The molecule has 0 unspecified atom stereocenters. The highest BCUT2D eigenvalue weighted by molar-refractivity contribution is 5.99. The molecule has 4 aromatic carbocycles. The van der Waals surface area contributed by atoms with E-state index in [1.807, 2.05) is 85.8 Å². The average molecular weight is 1100 g/mol. The third-order valence-corrected chi connectivity index (χ3v) is 14.5. The van der Waals surface area contributed by atoms with Crippen LogP contribution in [0.5, 0.6) is 0 Å². The van der Waals surface area contributed by atoms with E-state index in [9.17, 15) is 28.8 Å². The highest BCUT2D eigenvalue weighted by Gasteiger charge is 2.41. The Balaban J connectivity index is 1.29. The lowest BCUT2D eigenvalue weighted by atomic mass is 9.92. The first-order valence-corrected chi connectivity index (χ1v) is 27.3. The van der Waals surface area contributed by atoms with Crippen LogP contribution in [0.25, 0.3) is 21.7 Å². The van der Waals surface area contributed by atoms with E-state index in [0.717, 1.165) is 27.2 Å². The highest BCUT2D eigenvalue weighted by Crippen LogP contribution is 2.26. The molecule has 14 N–H and O–H groups in total. The van der Waals surface area contributed by atoms with Crippen LogP contribution in [0.3, 0.4) is 0 Å². The Morgan fingerprint density at radius 2 is 1.41 bits per heavy atom. The number of nitrogens with two attached hydrogens (primary N) is 3. The van der Waals surface area contributed by atoms with Gasteiger partial charge in [-0.1, -0.05) is 105 Å². The lowest BCUT2D eigenvalue weighted by Crippen LogP contribution is -2.62. The molecule has 0 saturated carbocycles. The third kappa shape index (κ3) is 16.1. The minimum Gasteiger partial charge on any atom is -0.370 e.